The molecule has 0 heterocycles. The smallest absolute Gasteiger partial charge is 0.306 e. The Morgan fingerprint density at radius 3 is 1.15 bits per heavy atom. The van der Waals surface area contributed by atoms with Crippen molar-refractivity contribution < 1.29 is 28.6 Å². The fraction of sp³-hybridized carbons (Fsp3) is 0.678. The Kier molecular flexibility index (Phi) is 50.0. The highest BCUT2D eigenvalue weighted by Gasteiger charge is 2.19. The van der Waals surface area contributed by atoms with Crippen LogP contribution in [0.3, 0.4) is 0 Å². The van der Waals surface area contributed by atoms with Gasteiger partial charge in [-0.05, 0) is 96.3 Å². The van der Waals surface area contributed by atoms with Gasteiger partial charge in [-0.3, -0.25) is 14.4 Å². The van der Waals surface area contributed by atoms with Crippen molar-refractivity contribution in [1.29, 1.82) is 0 Å². The number of hydrogen-bond donors (Lipinski definition) is 0. The van der Waals surface area contributed by atoms with E-state index in [4.69, 9.17) is 14.2 Å². The molecule has 0 bridgehead atoms. The van der Waals surface area contributed by atoms with Gasteiger partial charge in [-0.1, -0.05) is 221 Å². The fourth-order valence-corrected chi connectivity index (χ4v) is 7.17. The molecule has 0 spiro atoms. The second kappa shape index (κ2) is 52.9. The summed E-state index contributed by atoms with van der Waals surface area (Å²) in [7, 11) is 0. The van der Waals surface area contributed by atoms with E-state index in [2.05, 4.69) is 81.5 Å². The molecule has 0 aromatic carbocycles. The minimum atomic E-state index is -0.798. The van der Waals surface area contributed by atoms with Gasteiger partial charge in [-0.15, -0.1) is 0 Å². The van der Waals surface area contributed by atoms with E-state index in [9.17, 15) is 14.4 Å². The Labute approximate surface area is 400 Å². The average Bonchev–Trinajstić information content (AvgIpc) is 3.30. The van der Waals surface area contributed by atoms with Crippen LogP contribution in [0.4, 0.5) is 0 Å². The molecule has 1 atom stereocenters. The standard InChI is InChI=1S/C59H98O6/c1-4-7-10-13-16-19-22-25-27-28-29-30-32-34-37-40-43-46-49-52-58(61)64-55-56(54-63-57(60)51-48-45-42-39-36-33-24-21-18-15-12-9-6-3)65-59(62)53-50-47-44-41-38-35-31-26-23-20-17-14-11-8-5-2/h7,9-10,12,15-16,18-21,23-25,27,33,36,56H,4-6,8,11,13-14,17,22,26,28-32,34-35,37-55H2,1-3H3/b10-7+,12-9+,18-15+,19-16+,23-20+,24-21+,27-25+,36-33+. The molecule has 0 fully saturated rings. The molecule has 0 aromatic heterocycles. The highest BCUT2D eigenvalue weighted by Crippen LogP contribution is 2.14. The van der Waals surface area contributed by atoms with Crippen LogP contribution in [0.15, 0.2) is 97.2 Å². The van der Waals surface area contributed by atoms with Crippen molar-refractivity contribution in [3.63, 3.8) is 0 Å². The van der Waals surface area contributed by atoms with E-state index in [-0.39, 0.29) is 31.1 Å². The van der Waals surface area contributed by atoms with Crippen molar-refractivity contribution in [2.75, 3.05) is 13.2 Å². The van der Waals surface area contributed by atoms with Crippen LogP contribution in [0.1, 0.15) is 239 Å². The van der Waals surface area contributed by atoms with Gasteiger partial charge in [0.2, 0.25) is 0 Å². The third kappa shape index (κ3) is 51.2. The number of rotatable bonds is 47. The number of carbonyl (C=O) groups is 3. The minimum Gasteiger partial charge on any atom is -0.462 e. The van der Waals surface area contributed by atoms with Crippen molar-refractivity contribution in [3.8, 4) is 0 Å². The quantitative estimate of drug-likeness (QED) is 0.0199. The molecule has 65 heavy (non-hydrogen) atoms. The highest BCUT2D eigenvalue weighted by atomic mass is 16.6. The Hall–Kier alpha value is -3.67. The molecule has 0 aliphatic rings. The van der Waals surface area contributed by atoms with Gasteiger partial charge < -0.3 is 14.2 Å². The molecule has 0 saturated carbocycles. The second-order valence-corrected chi connectivity index (χ2v) is 17.5. The summed E-state index contributed by atoms with van der Waals surface area (Å²) in [4.78, 5) is 38.0. The van der Waals surface area contributed by atoms with Gasteiger partial charge in [-0.25, -0.2) is 0 Å². The summed E-state index contributed by atoms with van der Waals surface area (Å²) < 4.78 is 16.8. The maximum absolute atomic E-state index is 12.8. The van der Waals surface area contributed by atoms with E-state index in [1.165, 1.54) is 109 Å². The number of ether oxygens (including phenoxy) is 3. The van der Waals surface area contributed by atoms with Crippen molar-refractivity contribution in [3.05, 3.63) is 97.2 Å². The van der Waals surface area contributed by atoms with Crippen molar-refractivity contribution in [1.82, 2.24) is 0 Å². The molecule has 0 N–H and O–H groups in total. The first-order valence-electron chi connectivity index (χ1n) is 26.8. The van der Waals surface area contributed by atoms with Gasteiger partial charge in [0.1, 0.15) is 13.2 Å². The van der Waals surface area contributed by atoms with Crippen LogP contribution in [0.5, 0.6) is 0 Å². The largest absolute Gasteiger partial charge is 0.462 e. The molecule has 1 unspecified atom stereocenters. The summed E-state index contributed by atoms with van der Waals surface area (Å²) in [5, 5.41) is 0. The van der Waals surface area contributed by atoms with Crippen molar-refractivity contribution >= 4 is 17.9 Å². The van der Waals surface area contributed by atoms with Crippen LogP contribution in [0, 0.1) is 0 Å². The van der Waals surface area contributed by atoms with E-state index in [0.29, 0.717) is 19.3 Å². The summed E-state index contributed by atoms with van der Waals surface area (Å²) in [5.41, 5.74) is 0. The molecule has 0 aliphatic heterocycles. The number of carbonyl (C=O) groups excluding carboxylic acids is 3. The van der Waals surface area contributed by atoms with Crippen molar-refractivity contribution in [2.24, 2.45) is 0 Å². The van der Waals surface area contributed by atoms with E-state index >= 15 is 0 Å². The molecule has 0 aromatic rings. The first-order chi connectivity index (χ1) is 32.0. The summed E-state index contributed by atoms with van der Waals surface area (Å²) >= 11 is 0. The highest BCUT2D eigenvalue weighted by molar-refractivity contribution is 5.71. The topological polar surface area (TPSA) is 78.9 Å². The van der Waals surface area contributed by atoms with Gasteiger partial charge in [0, 0.05) is 19.3 Å². The summed E-state index contributed by atoms with van der Waals surface area (Å²) in [6.45, 7) is 6.33. The molecule has 6 heteroatoms. The van der Waals surface area contributed by atoms with E-state index < -0.39 is 6.10 Å². The van der Waals surface area contributed by atoms with Gasteiger partial charge in [0.15, 0.2) is 6.10 Å². The molecule has 6 nitrogen and oxygen atoms in total. The summed E-state index contributed by atoms with van der Waals surface area (Å²) in [6.07, 6.45) is 69.6. The molecule has 370 valence electrons. The zero-order valence-corrected chi connectivity index (χ0v) is 42.2. The Morgan fingerprint density at radius 2 is 0.677 bits per heavy atom. The lowest BCUT2D eigenvalue weighted by Crippen LogP contribution is -2.30. The summed E-state index contributed by atoms with van der Waals surface area (Å²) in [5.74, 6) is -0.946. The SMILES string of the molecule is CC/C=C/C=C/C=C/C=C/CCCCCC(=O)OCC(COC(=O)CCCCCCCCCCC/C=C/C/C=C/C/C=C/CC)OC(=O)CCCCCCCCC/C=C/CCCCCC. The van der Waals surface area contributed by atoms with Gasteiger partial charge >= 0.3 is 17.9 Å². The van der Waals surface area contributed by atoms with E-state index in [1.54, 1.807) is 0 Å². The van der Waals surface area contributed by atoms with Gasteiger partial charge in [0.05, 0.1) is 0 Å². The molecular formula is C59H98O6. The van der Waals surface area contributed by atoms with Crippen LogP contribution in [0.25, 0.3) is 0 Å². The van der Waals surface area contributed by atoms with Crippen LogP contribution >= 0.6 is 0 Å². The molecule has 0 rings (SSSR count). The molecule has 0 saturated heterocycles. The summed E-state index contributed by atoms with van der Waals surface area (Å²) in [6, 6.07) is 0. The number of unbranched alkanes of at least 4 members (excludes halogenated alkanes) is 23. The molecule has 0 amide bonds. The third-order valence-corrected chi connectivity index (χ3v) is 11.1. The number of esters is 3. The third-order valence-electron chi connectivity index (χ3n) is 11.1. The zero-order valence-electron chi connectivity index (χ0n) is 42.2. The van der Waals surface area contributed by atoms with E-state index in [1.807, 2.05) is 36.5 Å². The molecular weight excluding hydrogens is 805 g/mol. The maximum Gasteiger partial charge on any atom is 0.306 e. The first-order valence-corrected chi connectivity index (χ1v) is 26.8. The van der Waals surface area contributed by atoms with Crippen LogP contribution in [-0.2, 0) is 28.6 Å². The normalized spacial score (nSPS) is 12.8. The zero-order chi connectivity index (χ0) is 47.2. The molecule has 0 aliphatic carbocycles. The lowest BCUT2D eigenvalue weighted by Gasteiger charge is -2.18. The predicted octanol–water partition coefficient (Wildman–Crippen LogP) is 17.8. The number of allylic oxidation sites excluding steroid dienone is 16. The van der Waals surface area contributed by atoms with Gasteiger partial charge in [-0.2, -0.15) is 0 Å². The Morgan fingerprint density at radius 1 is 0.338 bits per heavy atom. The van der Waals surface area contributed by atoms with Crippen LogP contribution in [-0.4, -0.2) is 37.2 Å². The Bertz CT molecular complexity index is 1310. The molecule has 0 radical (unpaired) electrons. The fourth-order valence-electron chi connectivity index (χ4n) is 7.17. The number of hydrogen-bond acceptors (Lipinski definition) is 6. The van der Waals surface area contributed by atoms with Crippen molar-refractivity contribution in [2.45, 2.75) is 245 Å². The maximum atomic E-state index is 12.8. The predicted molar refractivity (Wildman–Crippen MR) is 279 cm³/mol. The lowest BCUT2D eigenvalue weighted by molar-refractivity contribution is -0.167. The van der Waals surface area contributed by atoms with Crippen LogP contribution < -0.4 is 0 Å². The minimum absolute atomic E-state index is 0.0955. The van der Waals surface area contributed by atoms with Gasteiger partial charge in [0.25, 0.3) is 0 Å². The van der Waals surface area contributed by atoms with Crippen LogP contribution in [0.2, 0.25) is 0 Å². The lowest BCUT2D eigenvalue weighted by atomic mass is 10.1. The first kappa shape index (κ1) is 61.3. The monoisotopic (exact) mass is 903 g/mol. The second-order valence-electron chi connectivity index (χ2n) is 17.5. The van der Waals surface area contributed by atoms with E-state index in [0.717, 1.165) is 89.9 Å². The average molecular weight is 903 g/mol. The Balaban J connectivity index is 4.42.